The maximum Gasteiger partial charge on any atom is 0.416 e. The predicted octanol–water partition coefficient (Wildman–Crippen LogP) is 6.10. The molecule has 0 bridgehead atoms. The van der Waals surface area contributed by atoms with Crippen LogP contribution in [0.1, 0.15) is 36.3 Å². The number of hydrogen-bond donors (Lipinski definition) is 0. The third kappa shape index (κ3) is 5.96. The molecule has 3 aromatic rings. The van der Waals surface area contributed by atoms with Crippen molar-refractivity contribution >= 4 is 36.6 Å². The highest BCUT2D eigenvalue weighted by Gasteiger charge is 2.57. The molecule has 1 saturated carbocycles. The van der Waals surface area contributed by atoms with Crippen LogP contribution < -0.4 is 0 Å². The van der Waals surface area contributed by atoms with Crippen LogP contribution in [0.15, 0.2) is 53.9 Å². The number of rotatable bonds is 7. The predicted molar refractivity (Wildman–Crippen MR) is 136 cm³/mol. The summed E-state index contributed by atoms with van der Waals surface area (Å²) in [6.45, 7) is 3.14. The van der Waals surface area contributed by atoms with Gasteiger partial charge in [-0.2, -0.15) is 13.2 Å². The van der Waals surface area contributed by atoms with Crippen LogP contribution in [0.3, 0.4) is 0 Å². The Kier molecular flexibility index (Phi) is 8.78. The fraction of sp³-hybridized carbons (Fsp3) is 0.458. The van der Waals surface area contributed by atoms with E-state index < -0.39 is 11.7 Å². The minimum Gasteiger partial charge on any atom is -0.305 e. The van der Waals surface area contributed by atoms with Gasteiger partial charge >= 0.3 is 6.18 Å². The van der Waals surface area contributed by atoms with Gasteiger partial charge in [0.25, 0.3) is 0 Å². The van der Waals surface area contributed by atoms with Crippen molar-refractivity contribution in [3.63, 3.8) is 0 Å². The number of aromatic nitrogens is 4. The molecule has 3 heterocycles. The molecule has 2 atom stereocenters. The van der Waals surface area contributed by atoms with Crippen LogP contribution in [0.2, 0.25) is 0 Å². The Hall–Kier alpha value is -1.81. The van der Waals surface area contributed by atoms with Crippen molar-refractivity contribution in [2.24, 2.45) is 12.5 Å². The first-order chi connectivity index (χ1) is 15.9. The first kappa shape index (κ1) is 27.8. The topological polar surface area (TPSA) is 46.8 Å². The van der Waals surface area contributed by atoms with Crippen LogP contribution in [-0.4, -0.2) is 50.0 Å². The average molecular weight is 546 g/mol. The molecule has 5 nitrogen and oxygen atoms in total. The third-order valence-electron chi connectivity index (χ3n) is 6.92. The van der Waals surface area contributed by atoms with Crippen molar-refractivity contribution in [3.8, 4) is 11.4 Å². The maximum atomic E-state index is 12.8. The Morgan fingerprint density at radius 1 is 1.06 bits per heavy atom. The summed E-state index contributed by atoms with van der Waals surface area (Å²) < 4.78 is 40.5. The monoisotopic (exact) mass is 545 g/mol. The van der Waals surface area contributed by atoms with Gasteiger partial charge in [0.15, 0.2) is 11.0 Å². The molecule has 0 radical (unpaired) electrons. The van der Waals surface area contributed by atoms with Crippen LogP contribution in [0.25, 0.3) is 11.4 Å². The Morgan fingerprint density at radius 3 is 2.46 bits per heavy atom. The largest absolute Gasteiger partial charge is 0.416 e. The highest BCUT2D eigenvalue weighted by atomic mass is 35.5. The van der Waals surface area contributed by atoms with Crippen molar-refractivity contribution < 1.29 is 13.2 Å². The van der Waals surface area contributed by atoms with Crippen molar-refractivity contribution in [1.29, 1.82) is 0 Å². The van der Waals surface area contributed by atoms with Gasteiger partial charge in [-0.1, -0.05) is 23.9 Å². The van der Waals surface area contributed by atoms with Crippen LogP contribution >= 0.6 is 36.6 Å². The molecule has 2 fully saturated rings. The second-order valence-electron chi connectivity index (χ2n) is 9.07. The fourth-order valence-electron chi connectivity index (χ4n) is 4.99. The Bertz CT molecular complexity index is 1110. The smallest absolute Gasteiger partial charge is 0.305 e. The zero-order valence-electron chi connectivity index (χ0n) is 19.2. The lowest BCUT2D eigenvalue weighted by Gasteiger charge is -2.16. The van der Waals surface area contributed by atoms with Crippen LogP contribution in [0.5, 0.6) is 0 Å². The average Bonchev–Trinajstić information content (AvgIpc) is 3.15. The summed E-state index contributed by atoms with van der Waals surface area (Å²) in [5.74, 6) is 2.20. The van der Waals surface area contributed by atoms with Crippen LogP contribution in [0.4, 0.5) is 13.2 Å². The summed E-state index contributed by atoms with van der Waals surface area (Å²) >= 11 is 1.72. The number of alkyl halides is 3. The molecule has 11 heteroatoms. The van der Waals surface area contributed by atoms with Crippen LogP contribution in [0, 0.1) is 5.41 Å². The minimum atomic E-state index is -4.27. The summed E-state index contributed by atoms with van der Waals surface area (Å²) in [4.78, 5) is 6.55. The molecule has 35 heavy (non-hydrogen) atoms. The van der Waals surface area contributed by atoms with Crippen molar-refractivity contribution in [2.75, 3.05) is 25.4 Å². The summed E-state index contributed by atoms with van der Waals surface area (Å²) in [7, 11) is 1.98. The molecule has 2 aliphatic rings. The molecular weight excluding hydrogens is 518 g/mol. The second kappa shape index (κ2) is 11.1. The Balaban J connectivity index is 0.00000171. The highest BCUT2D eigenvalue weighted by molar-refractivity contribution is 7.99. The lowest BCUT2D eigenvalue weighted by Crippen LogP contribution is -2.23. The summed E-state index contributed by atoms with van der Waals surface area (Å²) in [6.07, 6.45) is 2.50. The normalized spacial score (nSPS) is 21.5. The molecule has 1 aliphatic heterocycles. The molecule has 0 amide bonds. The molecule has 1 saturated heterocycles. The summed E-state index contributed by atoms with van der Waals surface area (Å²) in [5, 5.41) is 9.55. The second-order valence-corrected chi connectivity index (χ2v) is 10.1. The summed E-state index contributed by atoms with van der Waals surface area (Å²) in [5.41, 5.74) is 1.74. The van der Waals surface area contributed by atoms with Gasteiger partial charge in [-0.05, 0) is 73.5 Å². The van der Waals surface area contributed by atoms with Crippen molar-refractivity contribution in [3.05, 3.63) is 59.9 Å². The van der Waals surface area contributed by atoms with E-state index in [0.717, 1.165) is 66.8 Å². The molecule has 190 valence electrons. The number of nitrogens with zero attached hydrogens (tertiary/aromatic N) is 5. The van der Waals surface area contributed by atoms with Crippen molar-refractivity contribution in [2.45, 2.75) is 36.5 Å². The highest BCUT2D eigenvalue weighted by Crippen LogP contribution is 2.64. The lowest BCUT2D eigenvalue weighted by molar-refractivity contribution is -0.137. The van der Waals surface area contributed by atoms with E-state index in [1.165, 1.54) is 12.1 Å². The quantitative estimate of drug-likeness (QED) is 0.265. The van der Waals surface area contributed by atoms with E-state index in [2.05, 4.69) is 20.1 Å². The van der Waals surface area contributed by atoms with Gasteiger partial charge in [0.05, 0.1) is 5.56 Å². The van der Waals surface area contributed by atoms with Gasteiger partial charge in [-0.15, -0.1) is 35.0 Å². The van der Waals surface area contributed by atoms with Crippen molar-refractivity contribution in [1.82, 2.24) is 24.6 Å². The lowest BCUT2D eigenvalue weighted by atomic mass is 9.97. The first-order valence-corrected chi connectivity index (χ1v) is 12.2. The van der Waals surface area contributed by atoms with Crippen LogP contribution in [-0.2, 0) is 13.2 Å². The minimum absolute atomic E-state index is 0. The molecule has 0 N–H and O–H groups in total. The molecule has 1 aliphatic carbocycles. The number of thioether (sulfide) groups is 1. The van der Waals surface area contributed by atoms with E-state index in [-0.39, 0.29) is 30.2 Å². The van der Waals surface area contributed by atoms with E-state index in [4.69, 9.17) is 0 Å². The SMILES string of the molecule is Cl.Cl.Cn1c(SCCCN2CC[C@]3(C[C@@H]3c3ccc(C(F)(F)F)cc3)C2)nnc1-c1ccncc1. The zero-order chi connectivity index (χ0) is 23.1. The number of halogens is 5. The van der Waals surface area contributed by atoms with Gasteiger partial charge in [-0.3, -0.25) is 4.98 Å². The van der Waals surface area contributed by atoms with Gasteiger partial charge in [-0.25, -0.2) is 0 Å². The maximum absolute atomic E-state index is 12.8. The van der Waals surface area contributed by atoms with Gasteiger partial charge in [0.2, 0.25) is 0 Å². The number of hydrogen-bond acceptors (Lipinski definition) is 5. The van der Waals surface area contributed by atoms with Gasteiger partial charge in [0, 0.05) is 37.3 Å². The molecule has 1 spiro atoms. The Labute approximate surface area is 219 Å². The number of benzene rings is 1. The molecule has 0 unspecified atom stereocenters. The fourth-order valence-corrected chi connectivity index (χ4v) is 5.83. The molecule has 2 aromatic heterocycles. The van der Waals surface area contributed by atoms with E-state index in [0.29, 0.717) is 5.92 Å². The van der Waals surface area contributed by atoms with E-state index >= 15 is 0 Å². The van der Waals surface area contributed by atoms with Gasteiger partial charge < -0.3 is 9.47 Å². The third-order valence-corrected chi connectivity index (χ3v) is 8.02. The Morgan fingerprint density at radius 2 is 1.77 bits per heavy atom. The molecular formula is C24H28Cl2F3N5S. The summed E-state index contributed by atoms with van der Waals surface area (Å²) in [6, 6.07) is 9.63. The number of pyridine rings is 1. The zero-order valence-corrected chi connectivity index (χ0v) is 21.7. The van der Waals surface area contributed by atoms with E-state index in [1.54, 1.807) is 36.3 Å². The standard InChI is InChI=1S/C24H26F3N5S.2ClH/c1-31-21(18-7-10-28-11-8-18)29-30-22(31)33-14-2-12-32-13-9-23(16-32)15-20(23)17-3-5-19(6-4-17)24(25,26)27;;/h3-8,10-11,20H,2,9,12-16H2,1H3;2*1H/t20-,23+;;/m1../s1. The van der Waals surface area contributed by atoms with Gasteiger partial charge in [0.1, 0.15) is 0 Å². The van der Waals surface area contributed by atoms with E-state index in [9.17, 15) is 13.2 Å². The van der Waals surface area contributed by atoms with E-state index in [1.807, 2.05) is 23.7 Å². The molecule has 5 rings (SSSR count). The molecule has 1 aromatic carbocycles. The first-order valence-electron chi connectivity index (χ1n) is 11.2. The number of likely N-dealkylation sites (tertiary alicyclic amines) is 1.